The molecule has 3 aromatic rings. The third kappa shape index (κ3) is 4.62. The number of hydrogen-bond acceptors (Lipinski definition) is 8. The molecular formula is C21H21N5O5S. The molecule has 0 aliphatic heterocycles. The summed E-state index contributed by atoms with van der Waals surface area (Å²) >= 11 is 0. The van der Waals surface area contributed by atoms with E-state index in [9.17, 15) is 18.5 Å². The number of rotatable bonds is 8. The van der Waals surface area contributed by atoms with Gasteiger partial charge in [0.05, 0.1) is 15.5 Å². The van der Waals surface area contributed by atoms with Gasteiger partial charge in [-0.3, -0.25) is 14.4 Å². The Bertz CT molecular complexity index is 1240. The van der Waals surface area contributed by atoms with Crippen molar-refractivity contribution in [2.45, 2.75) is 30.7 Å². The van der Waals surface area contributed by atoms with E-state index in [2.05, 4.69) is 15.3 Å². The maximum atomic E-state index is 12.9. The lowest BCUT2D eigenvalue weighted by atomic mass is 10.2. The van der Waals surface area contributed by atoms with E-state index in [4.69, 9.17) is 4.74 Å². The summed E-state index contributed by atoms with van der Waals surface area (Å²) in [5.74, 6) is 0.476. The molecule has 32 heavy (non-hydrogen) atoms. The molecule has 2 aromatic carbocycles. The number of aromatic nitrogens is 2. The number of nitrogens with one attached hydrogen (secondary N) is 1. The van der Waals surface area contributed by atoms with Crippen LogP contribution in [0.1, 0.15) is 18.4 Å². The first-order chi connectivity index (χ1) is 15.2. The third-order valence-corrected chi connectivity index (χ3v) is 6.75. The van der Waals surface area contributed by atoms with E-state index in [0.717, 1.165) is 24.6 Å². The van der Waals surface area contributed by atoms with Gasteiger partial charge in [-0.1, -0.05) is 17.7 Å². The van der Waals surface area contributed by atoms with Crippen LogP contribution >= 0.6 is 0 Å². The Balaban J connectivity index is 1.51. The highest BCUT2D eigenvalue weighted by atomic mass is 32.2. The molecule has 1 heterocycles. The number of anilines is 2. The number of ether oxygens (including phenoxy) is 1. The van der Waals surface area contributed by atoms with Gasteiger partial charge in [0.2, 0.25) is 5.82 Å². The van der Waals surface area contributed by atoms with Crippen molar-refractivity contribution in [1.29, 1.82) is 0 Å². The summed E-state index contributed by atoms with van der Waals surface area (Å²) in [7, 11) is -2.24. The molecule has 1 aromatic heterocycles. The minimum absolute atomic E-state index is 0.0490. The molecule has 0 unspecified atom stereocenters. The van der Waals surface area contributed by atoms with E-state index < -0.39 is 14.9 Å². The molecule has 0 amide bonds. The summed E-state index contributed by atoms with van der Waals surface area (Å²) in [5, 5.41) is 14.2. The average molecular weight is 455 g/mol. The van der Waals surface area contributed by atoms with Crippen LogP contribution in [0.5, 0.6) is 11.8 Å². The van der Waals surface area contributed by atoms with Crippen LogP contribution in [0, 0.1) is 17.0 Å². The van der Waals surface area contributed by atoms with Crippen LogP contribution < -0.4 is 14.4 Å². The minimum atomic E-state index is -3.71. The lowest BCUT2D eigenvalue weighted by Gasteiger charge is -2.20. The van der Waals surface area contributed by atoms with E-state index in [-0.39, 0.29) is 28.5 Å². The number of hydrogen-bond donors (Lipinski definition) is 1. The largest absolute Gasteiger partial charge is 0.424 e. The van der Waals surface area contributed by atoms with Crippen LogP contribution in [0.25, 0.3) is 0 Å². The Morgan fingerprint density at radius 2 is 1.78 bits per heavy atom. The third-order valence-electron chi connectivity index (χ3n) is 4.95. The molecule has 4 rings (SSSR count). The van der Waals surface area contributed by atoms with E-state index in [0.29, 0.717) is 11.4 Å². The molecule has 0 bridgehead atoms. The number of aryl methyl sites for hydroxylation is 1. The van der Waals surface area contributed by atoms with Gasteiger partial charge in [-0.05, 0) is 56.2 Å². The van der Waals surface area contributed by atoms with Crippen molar-refractivity contribution in [2.75, 3.05) is 16.7 Å². The zero-order valence-electron chi connectivity index (χ0n) is 17.4. The molecule has 10 nitrogen and oxygen atoms in total. The van der Waals surface area contributed by atoms with Gasteiger partial charge < -0.3 is 10.1 Å². The molecule has 11 heteroatoms. The Kier molecular flexibility index (Phi) is 5.66. The maximum absolute atomic E-state index is 12.9. The summed E-state index contributed by atoms with van der Waals surface area (Å²) in [6.07, 6.45) is 2.96. The van der Waals surface area contributed by atoms with Crippen molar-refractivity contribution in [3.63, 3.8) is 0 Å². The van der Waals surface area contributed by atoms with E-state index >= 15 is 0 Å². The van der Waals surface area contributed by atoms with Gasteiger partial charge in [0.15, 0.2) is 0 Å². The number of sulfonamides is 1. The predicted molar refractivity (Wildman–Crippen MR) is 119 cm³/mol. The van der Waals surface area contributed by atoms with E-state index in [1.807, 2.05) is 6.92 Å². The second-order valence-corrected chi connectivity index (χ2v) is 9.41. The fourth-order valence-corrected chi connectivity index (χ4v) is 4.10. The molecule has 1 N–H and O–H groups in total. The zero-order chi connectivity index (χ0) is 22.9. The van der Waals surface area contributed by atoms with Crippen LogP contribution in [0.15, 0.2) is 59.6 Å². The SMILES string of the molecule is Cc1ccc(S(=O)(=O)N(C)c2ccc(Oc3ncc([N+](=O)[O-])c(NC4CC4)n3)cc2)cc1. The quantitative estimate of drug-likeness (QED) is 0.400. The van der Waals surface area contributed by atoms with Gasteiger partial charge in [-0.25, -0.2) is 8.42 Å². The molecule has 166 valence electrons. The predicted octanol–water partition coefficient (Wildman–Crippen LogP) is 3.88. The Morgan fingerprint density at radius 3 is 2.38 bits per heavy atom. The summed E-state index contributed by atoms with van der Waals surface area (Å²) in [6, 6.07) is 13.1. The van der Waals surface area contributed by atoms with Crippen molar-refractivity contribution >= 4 is 27.2 Å². The normalized spacial score (nSPS) is 13.4. The molecule has 1 aliphatic rings. The molecule has 1 fully saturated rings. The number of nitrogens with zero attached hydrogens (tertiary/aromatic N) is 4. The van der Waals surface area contributed by atoms with E-state index in [1.165, 1.54) is 11.4 Å². The van der Waals surface area contributed by atoms with Gasteiger partial charge in [-0.15, -0.1) is 0 Å². The Morgan fingerprint density at radius 1 is 1.12 bits per heavy atom. The fraction of sp³-hybridized carbons (Fsp3) is 0.238. The van der Waals surface area contributed by atoms with E-state index in [1.54, 1.807) is 48.5 Å². The fourth-order valence-electron chi connectivity index (χ4n) is 2.91. The molecule has 0 atom stereocenters. The van der Waals surface area contributed by atoms with Crippen molar-refractivity contribution in [3.05, 3.63) is 70.4 Å². The molecular weight excluding hydrogens is 434 g/mol. The second-order valence-electron chi connectivity index (χ2n) is 7.44. The highest BCUT2D eigenvalue weighted by Gasteiger charge is 2.27. The standard InChI is InChI=1S/C21H21N5O5S/c1-14-3-11-18(12-4-14)32(29,30)25(2)16-7-9-17(10-8-16)31-21-22-13-19(26(27)28)20(24-21)23-15-5-6-15/h3-4,7-13,15H,5-6H2,1-2H3,(H,22,23,24). The zero-order valence-corrected chi connectivity index (χ0v) is 18.2. The highest BCUT2D eigenvalue weighted by molar-refractivity contribution is 7.92. The molecule has 0 saturated heterocycles. The van der Waals surface area contributed by atoms with Crippen molar-refractivity contribution in [3.8, 4) is 11.8 Å². The molecule has 0 radical (unpaired) electrons. The average Bonchev–Trinajstić information content (AvgIpc) is 3.58. The summed E-state index contributed by atoms with van der Waals surface area (Å²) < 4.78 is 32.5. The van der Waals surface area contributed by atoms with Crippen LogP contribution in [-0.4, -0.2) is 36.4 Å². The minimum Gasteiger partial charge on any atom is -0.424 e. The van der Waals surface area contributed by atoms with Gasteiger partial charge in [0.1, 0.15) is 11.9 Å². The highest BCUT2D eigenvalue weighted by Crippen LogP contribution is 2.31. The maximum Gasteiger partial charge on any atom is 0.329 e. The van der Waals surface area contributed by atoms with Gasteiger partial charge in [-0.2, -0.15) is 9.97 Å². The lowest BCUT2D eigenvalue weighted by Crippen LogP contribution is -2.26. The van der Waals surface area contributed by atoms with Crippen LogP contribution in [0.4, 0.5) is 17.2 Å². The first-order valence-corrected chi connectivity index (χ1v) is 11.3. The summed E-state index contributed by atoms with van der Waals surface area (Å²) in [5.41, 5.74) is 1.19. The van der Waals surface area contributed by atoms with Gasteiger partial charge in [0, 0.05) is 13.1 Å². The van der Waals surface area contributed by atoms with Gasteiger partial charge in [0.25, 0.3) is 10.0 Å². The van der Waals surface area contributed by atoms with Crippen molar-refractivity contribution in [2.24, 2.45) is 0 Å². The molecule has 1 aliphatic carbocycles. The summed E-state index contributed by atoms with van der Waals surface area (Å²) in [6.45, 7) is 1.89. The summed E-state index contributed by atoms with van der Waals surface area (Å²) in [4.78, 5) is 18.9. The molecule has 0 spiro atoms. The second kappa shape index (κ2) is 8.42. The smallest absolute Gasteiger partial charge is 0.329 e. The number of benzene rings is 2. The number of nitro groups is 1. The van der Waals surface area contributed by atoms with Crippen LogP contribution in [-0.2, 0) is 10.0 Å². The lowest BCUT2D eigenvalue weighted by molar-refractivity contribution is -0.384. The van der Waals surface area contributed by atoms with Crippen molar-refractivity contribution < 1.29 is 18.1 Å². The Hall–Kier alpha value is -3.73. The molecule has 1 saturated carbocycles. The van der Waals surface area contributed by atoms with Crippen LogP contribution in [0.3, 0.4) is 0 Å². The first kappa shape index (κ1) is 21.5. The monoisotopic (exact) mass is 455 g/mol. The topological polar surface area (TPSA) is 128 Å². The van der Waals surface area contributed by atoms with Crippen LogP contribution in [0.2, 0.25) is 0 Å². The van der Waals surface area contributed by atoms with Gasteiger partial charge >= 0.3 is 11.7 Å². The Labute approximate surface area is 185 Å². The first-order valence-electron chi connectivity index (χ1n) is 9.85. The van der Waals surface area contributed by atoms with Crippen molar-refractivity contribution in [1.82, 2.24) is 9.97 Å².